The SMILES string of the molecule is C/C(Cl)=C\C[C@@H](C/C=C\NC(=O)[C@@H](NC(=O)OC(C)(C)C)C(C)(C)C)O[Si](C)(C)C(C)(C)C. The molecule has 0 saturated carbocycles. The monoisotopic (exact) mass is 502 g/mol. The van der Waals surface area contributed by atoms with Gasteiger partial charge in [-0.2, -0.15) is 0 Å². The van der Waals surface area contributed by atoms with E-state index in [4.69, 9.17) is 20.8 Å². The Morgan fingerprint density at radius 2 is 1.55 bits per heavy atom. The van der Waals surface area contributed by atoms with Crippen LogP contribution in [0.15, 0.2) is 23.4 Å². The molecule has 0 saturated heterocycles. The number of nitrogens with one attached hydrogen (secondary N) is 2. The lowest BCUT2D eigenvalue weighted by molar-refractivity contribution is -0.124. The van der Waals surface area contributed by atoms with Crippen molar-refractivity contribution in [1.82, 2.24) is 10.6 Å². The summed E-state index contributed by atoms with van der Waals surface area (Å²) >= 11 is 6.04. The minimum atomic E-state index is -1.96. The zero-order valence-electron chi connectivity index (χ0n) is 22.8. The van der Waals surface area contributed by atoms with Gasteiger partial charge in [-0.25, -0.2) is 4.79 Å². The molecule has 2 atom stereocenters. The topological polar surface area (TPSA) is 76.7 Å². The van der Waals surface area contributed by atoms with Crippen LogP contribution in [0.5, 0.6) is 0 Å². The average Bonchev–Trinajstić information content (AvgIpc) is 2.57. The summed E-state index contributed by atoms with van der Waals surface area (Å²) in [7, 11) is -1.96. The summed E-state index contributed by atoms with van der Waals surface area (Å²) in [6, 6.07) is -0.752. The smallest absolute Gasteiger partial charge is 0.408 e. The van der Waals surface area contributed by atoms with Crippen molar-refractivity contribution in [2.24, 2.45) is 5.41 Å². The Hall–Kier alpha value is -1.31. The van der Waals surface area contributed by atoms with Gasteiger partial charge in [0.05, 0.1) is 6.10 Å². The number of hydrogen-bond donors (Lipinski definition) is 2. The summed E-state index contributed by atoms with van der Waals surface area (Å²) < 4.78 is 11.9. The molecule has 0 bridgehead atoms. The zero-order chi connectivity index (χ0) is 26.3. The molecule has 8 heteroatoms. The number of carbonyl (C=O) groups excluding carboxylic acids is 2. The number of rotatable bonds is 9. The van der Waals surface area contributed by atoms with E-state index in [-0.39, 0.29) is 17.0 Å². The molecule has 0 aromatic rings. The van der Waals surface area contributed by atoms with E-state index in [9.17, 15) is 9.59 Å². The van der Waals surface area contributed by atoms with Crippen LogP contribution in [-0.2, 0) is 14.0 Å². The van der Waals surface area contributed by atoms with Gasteiger partial charge in [0.25, 0.3) is 0 Å². The fourth-order valence-corrected chi connectivity index (χ4v) is 4.09. The molecule has 0 aliphatic rings. The third-order valence-corrected chi connectivity index (χ3v) is 10.2. The van der Waals surface area contributed by atoms with E-state index in [1.807, 2.05) is 39.8 Å². The van der Waals surface area contributed by atoms with Crippen LogP contribution in [0.25, 0.3) is 0 Å². The third-order valence-electron chi connectivity index (χ3n) is 5.46. The second kappa shape index (κ2) is 12.4. The summed E-state index contributed by atoms with van der Waals surface area (Å²) in [6.45, 7) is 23.9. The minimum Gasteiger partial charge on any atom is -0.444 e. The Labute approximate surface area is 208 Å². The van der Waals surface area contributed by atoms with Crippen molar-refractivity contribution in [1.29, 1.82) is 0 Å². The summed E-state index contributed by atoms with van der Waals surface area (Å²) in [5.41, 5.74) is -1.14. The van der Waals surface area contributed by atoms with E-state index in [0.717, 1.165) is 5.03 Å². The van der Waals surface area contributed by atoms with Gasteiger partial charge in [-0.15, -0.1) is 0 Å². The molecule has 0 radical (unpaired) electrons. The van der Waals surface area contributed by atoms with Crippen molar-refractivity contribution < 1.29 is 18.8 Å². The largest absolute Gasteiger partial charge is 0.444 e. The van der Waals surface area contributed by atoms with Crippen molar-refractivity contribution in [3.8, 4) is 0 Å². The van der Waals surface area contributed by atoms with Gasteiger partial charge in [-0.05, 0) is 70.3 Å². The van der Waals surface area contributed by atoms with Crippen LogP contribution in [0.4, 0.5) is 4.79 Å². The van der Waals surface area contributed by atoms with Crippen LogP contribution in [0.2, 0.25) is 18.1 Å². The lowest BCUT2D eigenvalue weighted by Gasteiger charge is -2.39. The first kappa shape index (κ1) is 31.7. The quantitative estimate of drug-likeness (QED) is 0.337. The second-order valence-electron chi connectivity index (χ2n) is 12.1. The maximum absolute atomic E-state index is 12.8. The van der Waals surface area contributed by atoms with Gasteiger partial charge in [0, 0.05) is 5.03 Å². The molecule has 33 heavy (non-hydrogen) atoms. The number of ether oxygens (including phenoxy) is 1. The molecule has 0 unspecified atom stereocenters. The lowest BCUT2D eigenvalue weighted by atomic mass is 9.86. The fraction of sp³-hybridized carbons (Fsp3) is 0.760. The van der Waals surface area contributed by atoms with Crippen LogP contribution >= 0.6 is 11.6 Å². The number of halogens is 1. The van der Waals surface area contributed by atoms with Gasteiger partial charge in [0.15, 0.2) is 8.32 Å². The number of allylic oxidation sites excluding steroid dienone is 1. The summed E-state index contributed by atoms with van der Waals surface area (Å²) in [5, 5.41) is 6.32. The Bertz CT molecular complexity index is 709. The first-order valence-corrected chi connectivity index (χ1v) is 14.9. The van der Waals surface area contributed by atoms with Crippen molar-refractivity contribution in [3.63, 3.8) is 0 Å². The molecular weight excluding hydrogens is 456 g/mol. The summed E-state index contributed by atoms with van der Waals surface area (Å²) in [5.74, 6) is -0.303. The van der Waals surface area contributed by atoms with Gasteiger partial charge in [0.1, 0.15) is 11.6 Å². The Kier molecular flexibility index (Phi) is 11.9. The number of hydrogen-bond acceptors (Lipinski definition) is 4. The van der Waals surface area contributed by atoms with Gasteiger partial charge < -0.3 is 19.8 Å². The molecule has 0 spiro atoms. The number of amides is 2. The first-order chi connectivity index (χ1) is 14.7. The molecule has 0 rings (SSSR count). The fourth-order valence-electron chi connectivity index (χ4n) is 2.62. The average molecular weight is 503 g/mol. The van der Waals surface area contributed by atoms with Gasteiger partial charge in [-0.1, -0.05) is 65.3 Å². The van der Waals surface area contributed by atoms with Gasteiger partial charge >= 0.3 is 6.09 Å². The minimum absolute atomic E-state index is 0.0361. The van der Waals surface area contributed by atoms with E-state index in [1.165, 1.54) is 0 Å². The molecule has 0 fully saturated rings. The standard InChI is InChI=1S/C25H47ClN2O4Si/c1-18(26)15-16-19(32-33(11,12)25(8,9)10)14-13-17-27-21(29)20(23(2,3)4)28-22(30)31-24(5,6)7/h13,15,17,19-20H,14,16H2,1-12H3,(H,27,29)(H,28,30)/b17-13-,18-15+/t19-,20-/m1/s1. The number of alkyl carbamates (subject to hydrolysis) is 1. The molecule has 2 amide bonds. The van der Waals surface area contributed by atoms with Crippen LogP contribution in [0.1, 0.15) is 82.1 Å². The van der Waals surface area contributed by atoms with E-state index >= 15 is 0 Å². The second-order valence-corrected chi connectivity index (χ2v) is 17.5. The van der Waals surface area contributed by atoms with E-state index in [2.05, 4.69) is 44.5 Å². The molecule has 0 aromatic heterocycles. The molecule has 0 aromatic carbocycles. The molecule has 2 N–H and O–H groups in total. The predicted molar refractivity (Wildman–Crippen MR) is 141 cm³/mol. The highest BCUT2D eigenvalue weighted by molar-refractivity contribution is 6.74. The molecule has 0 heterocycles. The van der Waals surface area contributed by atoms with Crippen molar-refractivity contribution >= 4 is 31.9 Å². The summed E-state index contributed by atoms with van der Waals surface area (Å²) in [6.07, 6.45) is 6.15. The van der Waals surface area contributed by atoms with Crippen LogP contribution in [0, 0.1) is 5.41 Å². The zero-order valence-corrected chi connectivity index (χ0v) is 24.6. The maximum Gasteiger partial charge on any atom is 0.408 e. The van der Waals surface area contributed by atoms with Crippen molar-refractivity contribution in [2.75, 3.05) is 0 Å². The van der Waals surface area contributed by atoms with E-state index in [1.54, 1.807) is 27.0 Å². The molecule has 6 nitrogen and oxygen atoms in total. The molecule has 0 aliphatic heterocycles. The van der Waals surface area contributed by atoms with Crippen LogP contribution in [-0.4, -0.2) is 38.1 Å². The first-order valence-electron chi connectivity index (χ1n) is 11.6. The lowest BCUT2D eigenvalue weighted by Crippen LogP contribution is -2.53. The van der Waals surface area contributed by atoms with Crippen LogP contribution in [0.3, 0.4) is 0 Å². The summed E-state index contributed by atoms with van der Waals surface area (Å²) in [4.78, 5) is 25.0. The Morgan fingerprint density at radius 3 is 1.97 bits per heavy atom. The highest BCUT2D eigenvalue weighted by Gasteiger charge is 2.39. The predicted octanol–water partition coefficient (Wildman–Crippen LogP) is 6.87. The van der Waals surface area contributed by atoms with Crippen molar-refractivity contribution in [2.45, 2.75) is 118 Å². The van der Waals surface area contributed by atoms with Crippen LogP contribution < -0.4 is 10.6 Å². The number of carbonyl (C=O) groups is 2. The van der Waals surface area contributed by atoms with Crippen molar-refractivity contribution in [3.05, 3.63) is 23.4 Å². The Morgan fingerprint density at radius 1 is 1.00 bits per heavy atom. The Balaban J connectivity index is 5.23. The third kappa shape index (κ3) is 13.2. The van der Waals surface area contributed by atoms with Gasteiger partial charge in [0.2, 0.25) is 5.91 Å². The highest BCUT2D eigenvalue weighted by atomic mass is 35.5. The normalized spacial score (nSPS) is 15.8. The highest BCUT2D eigenvalue weighted by Crippen LogP contribution is 2.38. The van der Waals surface area contributed by atoms with E-state index < -0.39 is 31.5 Å². The van der Waals surface area contributed by atoms with Gasteiger partial charge in [-0.3, -0.25) is 4.79 Å². The maximum atomic E-state index is 12.8. The van der Waals surface area contributed by atoms with E-state index in [0.29, 0.717) is 12.8 Å². The molecular formula is C25H47ClN2O4Si. The molecule has 0 aliphatic carbocycles. The molecule has 192 valence electrons.